The summed E-state index contributed by atoms with van der Waals surface area (Å²) >= 11 is 13.6. The van der Waals surface area contributed by atoms with Crippen molar-refractivity contribution in [3.63, 3.8) is 0 Å². The van der Waals surface area contributed by atoms with Gasteiger partial charge in [0.1, 0.15) is 0 Å². The van der Waals surface area contributed by atoms with Gasteiger partial charge in [-0.1, -0.05) is 53.5 Å². The van der Waals surface area contributed by atoms with Crippen molar-refractivity contribution in [3.8, 4) is 16.9 Å². The number of hydrogen-bond acceptors (Lipinski definition) is 2. The molecule has 1 heterocycles. The van der Waals surface area contributed by atoms with Crippen LogP contribution in [0.3, 0.4) is 0 Å². The van der Waals surface area contributed by atoms with E-state index in [1.807, 2.05) is 46.3 Å². The molecule has 0 amide bonds. The third-order valence-electron chi connectivity index (χ3n) is 2.95. The molecule has 1 N–H and O–H groups in total. The molecular weight excluding hydrogens is 347 g/mol. The zero-order chi connectivity index (χ0) is 14.1. The molecule has 0 unspecified atom stereocenters. The predicted octanol–water partition coefficient (Wildman–Crippen LogP) is 5.41. The first-order valence-corrected chi connectivity index (χ1v) is 7.56. The van der Waals surface area contributed by atoms with E-state index in [2.05, 4.69) is 0 Å². The highest BCUT2D eigenvalue weighted by atomic mass is 35.5. The quantitative estimate of drug-likeness (QED) is 0.635. The van der Waals surface area contributed by atoms with Gasteiger partial charge in [-0.05, 0) is 23.8 Å². The molecule has 6 heteroatoms. The summed E-state index contributed by atoms with van der Waals surface area (Å²) in [6, 6.07) is 15.3. The van der Waals surface area contributed by atoms with Crippen LogP contribution in [0, 0.1) is 5.41 Å². The molecule has 0 saturated carbocycles. The summed E-state index contributed by atoms with van der Waals surface area (Å²) in [4.78, 5) is 0.424. The van der Waals surface area contributed by atoms with Gasteiger partial charge in [0.2, 0.25) is 0 Å². The molecule has 0 bridgehead atoms. The van der Waals surface area contributed by atoms with Crippen molar-refractivity contribution in [2.24, 2.45) is 0 Å². The maximum absolute atomic E-state index is 8.12. The van der Waals surface area contributed by atoms with Gasteiger partial charge >= 0.3 is 0 Å². The molecule has 0 fully saturated rings. The number of nitrogens with zero attached hydrogens (tertiary/aromatic N) is 1. The highest BCUT2D eigenvalue weighted by Gasteiger charge is 2.12. The summed E-state index contributed by atoms with van der Waals surface area (Å²) in [6.45, 7) is 0. The monoisotopic (exact) mass is 356 g/mol. The summed E-state index contributed by atoms with van der Waals surface area (Å²) in [6.07, 6.45) is 0. The number of halogens is 3. The van der Waals surface area contributed by atoms with E-state index in [1.54, 1.807) is 12.1 Å². The second-order valence-corrected chi connectivity index (χ2v) is 5.93. The fraction of sp³-hybridized carbons (Fsp3) is 0. The molecule has 0 aliphatic carbocycles. The van der Waals surface area contributed by atoms with Crippen molar-refractivity contribution in [1.29, 1.82) is 5.41 Å². The largest absolute Gasteiger partial charge is 0.284 e. The van der Waals surface area contributed by atoms with Gasteiger partial charge in [-0.15, -0.1) is 23.7 Å². The van der Waals surface area contributed by atoms with Crippen molar-refractivity contribution in [3.05, 3.63) is 68.8 Å². The van der Waals surface area contributed by atoms with E-state index in [9.17, 15) is 0 Å². The van der Waals surface area contributed by atoms with E-state index < -0.39 is 0 Å². The second kappa shape index (κ2) is 6.67. The van der Waals surface area contributed by atoms with Gasteiger partial charge in [0, 0.05) is 10.4 Å². The van der Waals surface area contributed by atoms with Gasteiger partial charge in [0.05, 0.1) is 16.4 Å². The Morgan fingerprint density at radius 1 is 1.00 bits per heavy atom. The summed E-state index contributed by atoms with van der Waals surface area (Å²) in [5, 5.41) is 11.2. The van der Waals surface area contributed by atoms with Gasteiger partial charge in [-0.2, -0.15) is 0 Å². The van der Waals surface area contributed by atoms with Crippen LogP contribution in [-0.2, 0) is 0 Å². The molecule has 0 radical (unpaired) electrons. The topological polar surface area (TPSA) is 28.8 Å². The standard InChI is InChI=1S/C15H10Cl2N2S.ClH/c16-11-6-7-13(12(17)8-11)19-14(9-20-15(19)18)10-4-2-1-3-5-10;/h1-9,18H;1H. The molecule has 0 spiro atoms. The molecule has 0 saturated heterocycles. The van der Waals surface area contributed by atoms with E-state index in [0.717, 1.165) is 16.9 Å². The lowest BCUT2D eigenvalue weighted by molar-refractivity contribution is 0.987. The average molecular weight is 358 g/mol. The van der Waals surface area contributed by atoms with Crippen LogP contribution in [0.25, 0.3) is 16.9 Å². The molecule has 0 aliphatic heterocycles. The Bertz CT molecular complexity index is 809. The molecule has 2 aromatic carbocycles. The van der Waals surface area contributed by atoms with E-state index in [4.69, 9.17) is 28.6 Å². The van der Waals surface area contributed by atoms with Crippen LogP contribution in [0.4, 0.5) is 0 Å². The maximum atomic E-state index is 8.12. The first kappa shape index (κ1) is 16.1. The third-order valence-corrected chi connectivity index (χ3v) is 4.23. The molecular formula is C15H11Cl3N2S. The van der Waals surface area contributed by atoms with Crippen molar-refractivity contribution < 1.29 is 0 Å². The van der Waals surface area contributed by atoms with Crippen molar-refractivity contribution >= 4 is 46.9 Å². The Morgan fingerprint density at radius 3 is 2.38 bits per heavy atom. The van der Waals surface area contributed by atoms with Crippen molar-refractivity contribution in [2.75, 3.05) is 0 Å². The zero-order valence-corrected chi connectivity index (χ0v) is 13.9. The van der Waals surface area contributed by atoms with Gasteiger partial charge in [0.25, 0.3) is 0 Å². The Kier molecular flexibility index (Phi) is 5.12. The SMILES string of the molecule is Cl.N=c1scc(-c2ccccc2)n1-c1ccc(Cl)cc1Cl. The first-order valence-electron chi connectivity index (χ1n) is 5.93. The lowest BCUT2D eigenvalue weighted by atomic mass is 10.1. The molecule has 3 rings (SSSR count). The highest BCUT2D eigenvalue weighted by molar-refractivity contribution is 7.07. The summed E-state index contributed by atoms with van der Waals surface area (Å²) in [7, 11) is 0. The highest BCUT2D eigenvalue weighted by Crippen LogP contribution is 2.28. The second-order valence-electron chi connectivity index (χ2n) is 4.22. The van der Waals surface area contributed by atoms with Crippen LogP contribution in [0.1, 0.15) is 0 Å². The van der Waals surface area contributed by atoms with Crippen LogP contribution in [0.15, 0.2) is 53.9 Å². The molecule has 1 aromatic heterocycles. The minimum absolute atomic E-state index is 0. The van der Waals surface area contributed by atoms with E-state index in [-0.39, 0.29) is 12.4 Å². The molecule has 0 atom stereocenters. The molecule has 3 aromatic rings. The number of hydrogen-bond donors (Lipinski definition) is 1. The third kappa shape index (κ3) is 3.16. The van der Waals surface area contributed by atoms with Crippen LogP contribution in [-0.4, -0.2) is 4.57 Å². The number of nitrogens with one attached hydrogen (secondary N) is 1. The summed E-state index contributed by atoms with van der Waals surface area (Å²) < 4.78 is 1.83. The molecule has 21 heavy (non-hydrogen) atoms. The minimum atomic E-state index is 0. The van der Waals surface area contributed by atoms with Crippen LogP contribution < -0.4 is 4.80 Å². The fourth-order valence-electron chi connectivity index (χ4n) is 2.03. The van der Waals surface area contributed by atoms with Gasteiger partial charge in [-0.3, -0.25) is 9.98 Å². The fourth-order valence-corrected chi connectivity index (χ4v) is 3.29. The van der Waals surface area contributed by atoms with Crippen LogP contribution in [0.2, 0.25) is 10.0 Å². The van der Waals surface area contributed by atoms with Gasteiger partial charge < -0.3 is 0 Å². The Morgan fingerprint density at radius 2 is 1.71 bits per heavy atom. The molecule has 2 nitrogen and oxygen atoms in total. The normalized spacial score (nSPS) is 10.2. The summed E-state index contributed by atoms with van der Waals surface area (Å²) in [5.41, 5.74) is 2.76. The zero-order valence-electron chi connectivity index (χ0n) is 10.7. The number of benzene rings is 2. The van der Waals surface area contributed by atoms with E-state index >= 15 is 0 Å². The van der Waals surface area contributed by atoms with Crippen LogP contribution in [0.5, 0.6) is 0 Å². The minimum Gasteiger partial charge on any atom is -0.284 e. The Labute approximate surface area is 142 Å². The van der Waals surface area contributed by atoms with Crippen molar-refractivity contribution in [2.45, 2.75) is 0 Å². The number of rotatable bonds is 2. The average Bonchev–Trinajstić information content (AvgIpc) is 2.82. The van der Waals surface area contributed by atoms with Gasteiger partial charge in [0.15, 0.2) is 4.80 Å². The number of aromatic nitrogens is 1. The lowest BCUT2D eigenvalue weighted by Crippen LogP contribution is -2.12. The number of thiazole rings is 1. The lowest BCUT2D eigenvalue weighted by Gasteiger charge is -2.10. The van der Waals surface area contributed by atoms with E-state index in [1.165, 1.54) is 11.3 Å². The van der Waals surface area contributed by atoms with Crippen molar-refractivity contribution in [1.82, 2.24) is 4.57 Å². The van der Waals surface area contributed by atoms with Gasteiger partial charge in [-0.25, -0.2) is 0 Å². The van der Waals surface area contributed by atoms with E-state index in [0.29, 0.717) is 14.8 Å². The van der Waals surface area contributed by atoms with Crippen LogP contribution >= 0.6 is 46.9 Å². The molecule has 0 aliphatic rings. The Hall–Kier alpha value is -1.26. The first-order chi connectivity index (χ1) is 9.66. The smallest absolute Gasteiger partial charge is 0.187 e. The predicted molar refractivity (Wildman–Crippen MR) is 92.2 cm³/mol. The maximum Gasteiger partial charge on any atom is 0.187 e. The molecule has 108 valence electrons. The Balaban J connectivity index is 0.00000161. The summed E-state index contributed by atoms with van der Waals surface area (Å²) in [5.74, 6) is 0.